The number of aromatic amines is 1. The number of carbonyl (C=O) groups excluding carboxylic acids is 6. The first-order valence-corrected chi connectivity index (χ1v) is 22.4. The molecule has 0 fully saturated rings. The van der Waals surface area contributed by atoms with Gasteiger partial charge in [0.1, 0.15) is 48.3 Å². The lowest BCUT2D eigenvalue weighted by atomic mass is 10.0. The molecule has 0 spiro atoms. The molecule has 4 aromatic rings. The second-order valence-electron chi connectivity index (χ2n) is 16.4. The number of carbonyl (C=O) groups is 7. The summed E-state index contributed by atoms with van der Waals surface area (Å²) in [6.07, 6.45) is 1.66. The minimum Gasteiger partial charge on any atom is -0.508 e. The van der Waals surface area contributed by atoms with Gasteiger partial charge in [0.05, 0.1) is 12.6 Å². The Labute approximate surface area is 407 Å². The SMILES string of the molecule is NC(N)=NCCC[C@H](NC(=O)[C@@H](N)CCCN=C(N)N)C(=O)N[C@@H](CO)C(=O)N[C@@H](Cc1ccc(O)cc1)C(=O)N[C@@H](Cc1ccc(O)cc1)C(=O)N[C@@H](Cc1c[nH]c2ccccc12)C(=O)NCC(=O)O. The Morgan fingerprint density at radius 2 is 1.01 bits per heavy atom. The van der Waals surface area contributed by atoms with Crippen molar-refractivity contribution in [3.63, 3.8) is 0 Å². The van der Waals surface area contributed by atoms with E-state index in [1.807, 2.05) is 0 Å². The Hall–Kier alpha value is -8.45. The molecule has 0 unspecified atom stereocenters. The van der Waals surface area contributed by atoms with Gasteiger partial charge in [-0.05, 0) is 72.7 Å². The normalized spacial score (nSPS) is 13.4. The Bertz CT molecular complexity index is 2510. The molecule has 6 amide bonds. The molecule has 382 valence electrons. The fraction of sp³-hybridized carbons (Fsp3) is 0.370. The summed E-state index contributed by atoms with van der Waals surface area (Å²) in [5.41, 5.74) is 29.8. The molecule has 3 aromatic carbocycles. The van der Waals surface area contributed by atoms with Gasteiger partial charge in [-0.3, -0.25) is 43.5 Å². The van der Waals surface area contributed by atoms with Gasteiger partial charge in [-0.2, -0.15) is 0 Å². The van der Waals surface area contributed by atoms with Crippen molar-refractivity contribution in [2.24, 2.45) is 38.7 Å². The molecule has 0 aliphatic rings. The van der Waals surface area contributed by atoms with E-state index < -0.39 is 90.8 Å². The van der Waals surface area contributed by atoms with E-state index in [4.69, 9.17) is 28.7 Å². The van der Waals surface area contributed by atoms with Gasteiger partial charge in [-0.1, -0.05) is 42.5 Å². The molecule has 0 bridgehead atoms. The zero-order valence-corrected chi connectivity index (χ0v) is 38.7. The van der Waals surface area contributed by atoms with Crippen molar-refractivity contribution < 1.29 is 54.0 Å². The summed E-state index contributed by atoms with van der Waals surface area (Å²) in [6, 6.07) is 9.98. The van der Waals surface area contributed by atoms with Crippen LogP contribution in [-0.4, -0.2) is 141 Å². The quantitative estimate of drug-likeness (QED) is 0.0150. The van der Waals surface area contributed by atoms with Gasteiger partial charge >= 0.3 is 5.97 Å². The maximum atomic E-state index is 14.5. The highest BCUT2D eigenvalue weighted by Crippen LogP contribution is 2.20. The lowest BCUT2D eigenvalue weighted by Gasteiger charge is -2.27. The van der Waals surface area contributed by atoms with E-state index in [1.165, 1.54) is 48.5 Å². The summed E-state index contributed by atoms with van der Waals surface area (Å²) >= 11 is 0. The number of guanidine groups is 2. The summed E-state index contributed by atoms with van der Waals surface area (Å²) in [5.74, 6) is -7.25. The number of nitrogens with one attached hydrogen (secondary N) is 7. The van der Waals surface area contributed by atoms with Crippen LogP contribution in [0.2, 0.25) is 0 Å². The van der Waals surface area contributed by atoms with Gasteiger partial charge in [-0.25, -0.2) is 0 Å². The molecule has 25 heteroatoms. The Morgan fingerprint density at radius 3 is 1.52 bits per heavy atom. The number of carboxylic acid groups (broad SMARTS) is 1. The van der Waals surface area contributed by atoms with Crippen molar-refractivity contribution in [2.75, 3.05) is 26.2 Å². The highest BCUT2D eigenvalue weighted by atomic mass is 16.4. The van der Waals surface area contributed by atoms with Crippen molar-refractivity contribution in [3.8, 4) is 11.5 Å². The number of aliphatic hydroxyl groups is 1. The van der Waals surface area contributed by atoms with E-state index in [9.17, 15) is 54.0 Å². The largest absolute Gasteiger partial charge is 0.508 e. The molecule has 71 heavy (non-hydrogen) atoms. The van der Waals surface area contributed by atoms with Gasteiger partial charge < -0.3 is 86.0 Å². The van der Waals surface area contributed by atoms with Crippen molar-refractivity contribution in [3.05, 3.63) is 95.7 Å². The number of carboxylic acids is 1. The second kappa shape index (κ2) is 27.5. The monoisotopic (exact) mass is 986 g/mol. The number of rotatable bonds is 28. The third-order valence-corrected chi connectivity index (χ3v) is 10.9. The number of aliphatic hydroxyl groups excluding tert-OH is 1. The highest BCUT2D eigenvalue weighted by molar-refractivity contribution is 5.97. The average Bonchev–Trinajstić information content (AvgIpc) is 3.74. The summed E-state index contributed by atoms with van der Waals surface area (Å²) in [4.78, 5) is 105. The van der Waals surface area contributed by atoms with Crippen LogP contribution in [0, 0.1) is 0 Å². The van der Waals surface area contributed by atoms with Gasteiger partial charge in [0.15, 0.2) is 11.9 Å². The number of nitrogens with zero attached hydrogens (tertiary/aromatic N) is 2. The molecule has 0 radical (unpaired) electrons. The van der Waals surface area contributed by atoms with Gasteiger partial charge in [0.2, 0.25) is 35.4 Å². The number of amides is 6. The number of hydrogen-bond acceptors (Lipinski definition) is 13. The lowest BCUT2D eigenvalue weighted by molar-refractivity contribution is -0.138. The van der Waals surface area contributed by atoms with Crippen LogP contribution < -0.4 is 60.6 Å². The van der Waals surface area contributed by atoms with Gasteiger partial charge in [0.25, 0.3) is 0 Å². The summed E-state index contributed by atoms with van der Waals surface area (Å²) in [5, 5.41) is 55.5. The number of aromatic nitrogens is 1. The summed E-state index contributed by atoms with van der Waals surface area (Å²) in [7, 11) is 0. The number of phenols is 2. The Morgan fingerprint density at radius 1 is 0.563 bits per heavy atom. The predicted molar refractivity (Wildman–Crippen MR) is 261 cm³/mol. The van der Waals surface area contributed by atoms with Crippen LogP contribution >= 0.6 is 0 Å². The summed E-state index contributed by atoms with van der Waals surface area (Å²) in [6.45, 7) is -1.48. The molecule has 1 aromatic heterocycles. The Balaban J connectivity index is 1.61. The van der Waals surface area contributed by atoms with Gasteiger partial charge in [0, 0.05) is 49.5 Å². The minimum atomic E-state index is -1.71. The van der Waals surface area contributed by atoms with E-state index >= 15 is 0 Å². The molecule has 25 nitrogen and oxygen atoms in total. The topological polar surface area (TPSA) is 443 Å². The number of benzene rings is 3. The molecule has 6 atom stereocenters. The average molecular weight is 987 g/mol. The van der Waals surface area contributed by atoms with Crippen LogP contribution in [-0.2, 0) is 52.8 Å². The fourth-order valence-corrected chi connectivity index (χ4v) is 7.15. The number of nitrogens with two attached hydrogens (primary N) is 5. The molecule has 0 aliphatic heterocycles. The van der Waals surface area contributed by atoms with Crippen molar-refractivity contribution in [1.82, 2.24) is 36.9 Å². The fourth-order valence-electron chi connectivity index (χ4n) is 7.15. The standard InChI is InChI=1S/C46H62N14O11/c47-31(6-3-17-52-45(48)49)39(66)56-33(8-4-18-53-46(50)51)41(68)60-37(24-61)44(71)58-35(20-26-11-15-29(63)16-12-26)42(69)57-34(19-25-9-13-28(62)14-10-25)43(70)59-36(40(67)55-23-38(64)65)21-27-22-54-32-7-2-1-5-30(27)32/h1-2,5,7,9-16,22,31,33-37,54,61-63H,3-4,6,8,17-21,23-24,47H2,(H,55,67)(H,56,66)(H,57,69)(H,58,71)(H,59,70)(H,60,68)(H,64,65)(H4,48,49,52)(H4,50,51,53)/t31-,33-,34-,35-,36-,37-/m0/s1. The number of hydrogen-bond donors (Lipinski definition) is 16. The van der Waals surface area contributed by atoms with Crippen molar-refractivity contribution in [2.45, 2.75) is 81.2 Å². The van der Waals surface area contributed by atoms with E-state index in [0.717, 1.165) is 10.9 Å². The van der Waals surface area contributed by atoms with Crippen LogP contribution in [0.4, 0.5) is 0 Å². The van der Waals surface area contributed by atoms with Crippen LogP contribution in [0.1, 0.15) is 42.4 Å². The smallest absolute Gasteiger partial charge is 0.322 e. The van der Waals surface area contributed by atoms with Crippen LogP contribution in [0.25, 0.3) is 10.9 Å². The Kier molecular flexibility index (Phi) is 21.4. The maximum absolute atomic E-state index is 14.5. The first-order valence-electron chi connectivity index (χ1n) is 22.4. The lowest BCUT2D eigenvalue weighted by Crippen LogP contribution is -2.61. The zero-order chi connectivity index (χ0) is 52.0. The number of aromatic hydroxyl groups is 2. The van der Waals surface area contributed by atoms with Gasteiger partial charge in [-0.15, -0.1) is 0 Å². The van der Waals surface area contributed by atoms with E-state index in [-0.39, 0.29) is 75.0 Å². The van der Waals surface area contributed by atoms with Crippen LogP contribution in [0.5, 0.6) is 11.5 Å². The molecular weight excluding hydrogens is 925 g/mol. The molecule has 0 saturated carbocycles. The zero-order valence-electron chi connectivity index (χ0n) is 38.7. The first-order chi connectivity index (χ1) is 33.8. The molecular formula is C46H62N14O11. The minimum absolute atomic E-state index is 0.0466. The first kappa shape index (κ1) is 55.1. The molecule has 4 rings (SSSR count). The third kappa shape index (κ3) is 18.5. The molecule has 0 saturated heterocycles. The predicted octanol–water partition coefficient (Wildman–Crippen LogP) is -3.34. The van der Waals surface area contributed by atoms with Crippen LogP contribution in [0.3, 0.4) is 0 Å². The van der Waals surface area contributed by atoms with E-state index in [0.29, 0.717) is 23.1 Å². The number of fused-ring (bicyclic) bond motifs is 1. The van der Waals surface area contributed by atoms with E-state index in [2.05, 4.69) is 46.9 Å². The number of aliphatic imine (C=N–C) groups is 2. The maximum Gasteiger partial charge on any atom is 0.322 e. The summed E-state index contributed by atoms with van der Waals surface area (Å²) < 4.78 is 0. The van der Waals surface area contributed by atoms with Crippen LogP contribution in [0.15, 0.2) is 89.0 Å². The van der Waals surface area contributed by atoms with Crippen molar-refractivity contribution in [1.29, 1.82) is 0 Å². The van der Waals surface area contributed by atoms with Crippen molar-refractivity contribution >= 4 is 64.2 Å². The third-order valence-electron chi connectivity index (χ3n) is 10.9. The van der Waals surface area contributed by atoms with E-state index in [1.54, 1.807) is 30.5 Å². The second-order valence-corrected chi connectivity index (χ2v) is 16.4. The highest BCUT2D eigenvalue weighted by Gasteiger charge is 2.33. The number of phenolic OH excluding ortho intramolecular Hbond substituents is 2. The molecule has 0 aliphatic carbocycles. The molecule has 21 N–H and O–H groups in total. The number of H-pyrrole nitrogens is 1. The number of aliphatic carboxylic acids is 1. The number of para-hydroxylation sites is 1. The molecule has 1 heterocycles.